The molecular weight excluding hydrogens is 370 g/mol. The Kier molecular flexibility index (Phi) is 3.89. The molecule has 0 bridgehead atoms. The maximum absolute atomic E-state index is 9.35. The Morgan fingerprint density at radius 2 is 1.83 bits per heavy atom. The van der Waals surface area contributed by atoms with E-state index in [2.05, 4.69) is 86.1 Å². The second-order valence-corrected chi connectivity index (χ2v) is 8.17. The maximum Gasteiger partial charge on any atom is 0.0692 e. The van der Waals surface area contributed by atoms with Crippen LogP contribution in [0.4, 0.5) is 0 Å². The number of fused-ring (bicyclic) bond motifs is 1. The van der Waals surface area contributed by atoms with Crippen LogP contribution in [0.3, 0.4) is 0 Å². The molecular formula is C19H16BrNOS. The SMILES string of the molecule is OCc1ccc(-n2cc([SH]3C=CC=C3)c3ccccc32)cc1Br. The van der Waals surface area contributed by atoms with Crippen LogP contribution in [0.25, 0.3) is 16.6 Å². The summed E-state index contributed by atoms with van der Waals surface area (Å²) in [7, 11) is -0.360. The van der Waals surface area contributed by atoms with Gasteiger partial charge in [-0.05, 0) is 34.6 Å². The minimum atomic E-state index is -0.360. The molecule has 0 fully saturated rings. The van der Waals surface area contributed by atoms with Crippen molar-refractivity contribution in [3.8, 4) is 5.69 Å². The minimum Gasteiger partial charge on any atom is -0.392 e. The number of aromatic nitrogens is 1. The monoisotopic (exact) mass is 385 g/mol. The van der Waals surface area contributed by atoms with Gasteiger partial charge in [0.1, 0.15) is 0 Å². The number of para-hydroxylation sites is 1. The lowest BCUT2D eigenvalue weighted by molar-refractivity contribution is 0.281. The number of allylic oxidation sites excluding steroid dienone is 2. The van der Waals surface area contributed by atoms with E-state index in [-0.39, 0.29) is 17.5 Å². The normalized spacial score (nSPS) is 15.0. The number of thiol groups is 1. The average molecular weight is 386 g/mol. The smallest absolute Gasteiger partial charge is 0.0692 e. The van der Waals surface area contributed by atoms with E-state index in [1.54, 1.807) is 0 Å². The van der Waals surface area contributed by atoms with Crippen LogP contribution in [0.5, 0.6) is 0 Å². The van der Waals surface area contributed by atoms with Gasteiger partial charge in [0.15, 0.2) is 0 Å². The fourth-order valence-corrected chi connectivity index (χ4v) is 5.09. The Labute approximate surface area is 146 Å². The summed E-state index contributed by atoms with van der Waals surface area (Å²) in [6.45, 7) is 0.0411. The number of aliphatic hydroxyl groups excluding tert-OH is 1. The molecule has 1 aliphatic rings. The summed E-state index contributed by atoms with van der Waals surface area (Å²) in [5, 5.41) is 15.2. The zero-order valence-corrected chi connectivity index (χ0v) is 14.8. The van der Waals surface area contributed by atoms with Crippen LogP contribution in [0.2, 0.25) is 0 Å². The van der Waals surface area contributed by atoms with Gasteiger partial charge in [-0.15, -0.1) is 0 Å². The second-order valence-electron chi connectivity index (χ2n) is 5.43. The van der Waals surface area contributed by atoms with Crippen molar-refractivity contribution < 1.29 is 5.11 Å². The predicted molar refractivity (Wildman–Crippen MR) is 102 cm³/mol. The summed E-state index contributed by atoms with van der Waals surface area (Å²) in [6.07, 6.45) is 6.51. The first-order valence-electron chi connectivity index (χ1n) is 7.41. The van der Waals surface area contributed by atoms with E-state index in [4.69, 9.17) is 0 Å². The van der Waals surface area contributed by atoms with E-state index in [0.29, 0.717) is 0 Å². The zero-order valence-electron chi connectivity index (χ0n) is 12.4. The Bertz CT molecular complexity index is 930. The summed E-state index contributed by atoms with van der Waals surface area (Å²) in [4.78, 5) is 1.38. The minimum absolute atomic E-state index is 0.0411. The van der Waals surface area contributed by atoms with Crippen molar-refractivity contribution in [2.45, 2.75) is 11.5 Å². The third-order valence-corrected chi connectivity index (χ3v) is 6.70. The van der Waals surface area contributed by atoms with Gasteiger partial charge in [-0.3, -0.25) is 0 Å². The van der Waals surface area contributed by atoms with Crippen LogP contribution in [0, 0.1) is 0 Å². The highest BCUT2D eigenvalue weighted by Gasteiger charge is 2.14. The van der Waals surface area contributed by atoms with Gasteiger partial charge in [-0.2, -0.15) is 10.9 Å². The van der Waals surface area contributed by atoms with Crippen LogP contribution in [0.1, 0.15) is 5.56 Å². The molecule has 0 unspecified atom stereocenters. The molecule has 2 aromatic carbocycles. The number of hydrogen-bond donors (Lipinski definition) is 2. The van der Waals surface area contributed by atoms with E-state index in [9.17, 15) is 5.11 Å². The quantitative estimate of drug-likeness (QED) is 0.588. The molecule has 0 aliphatic carbocycles. The number of rotatable bonds is 3. The highest BCUT2D eigenvalue weighted by Crippen LogP contribution is 2.46. The number of nitrogens with zero attached hydrogens (tertiary/aromatic N) is 1. The summed E-state index contributed by atoms with van der Waals surface area (Å²) < 4.78 is 3.17. The molecule has 23 heavy (non-hydrogen) atoms. The number of halogens is 1. The van der Waals surface area contributed by atoms with Crippen LogP contribution in [0.15, 0.2) is 81.0 Å². The molecule has 0 atom stereocenters. The summed E-state index contributed by atoms with van der Waals surface area (Å²) >= 11 is 3.55. The van der Waals surface area contributed by atoms with Gasteiger partial charge in [-0.25, -0.2) is 0 Å². The van der Waals surface area contributed by atoms with E-state index < -0.39 is 0 Å². The molecule has 0 amide bonds. The Morgan fingerprint density at radius 1 is 1.04 bits per heavy atom. The first-order chi connectivity index (χ1) is 11.3. The standard InChI is InChI=1S/C19H16BrNOS/c20-17-11-15(8-7-14(17)13-22)21-12-19(23-9-3-4-10-23)16-5-1-2-6-18(16)21/h1-12,22-23H,13H2. The third-order valence-electron chi connectivity index (χ3n) is 4.06. The molecule has 1 aliphatic heterocycles. The molecule has 116 valence electrons. The van der Waals surface area contributed by atoms with Gasteiger partial charge >= 0.3 is 0 Å². The van der Waals surface area contributed by atoms with Crippen molar-refractivity contribution in [1.82, 2.24) is 4.57 Å². The Hall–Kier alpha value is -1.75. The van der Waals surface area contributed by atoms with E-state index in [0.717, 1.165) is 15.7 Å². The van der Waals surface area contributed by atoms with Gasteiger partial charge in [0.25, 0.3) is 0 Å². The highest BCUT2D eigenvalue weighted by molar-refractivity contribution is 9.10. The number of benzene rings is 2. The lowest BCUT2D eigenvalue weighted by Crippen LogP contribution is -1.94. The lowest BCUT2D eigenvalue weighted by Gasteiger charge is -2.09. The topological polar surface area (TPSA) is 25.2 Å². The fraction of sp³-hybridized carbons (Fsp3) is 0.0526. The third kappa shape index (κ3) is 2.57. The lowest BCUT2D eigenvalue weighted by atomic mass is 10.2. The van der Waals surface area contributed by atoms with Gasteiger partial charge in [0.2, 0.25) is 0 Å². The first kappa shape index (κ1) is 14.8. The fourth-order valence-electron chi connectivity index (χ4n) is 2.89. The molecule has 2 heterocycles. The van der Waals surface area contributed by atoms with Crippen LogP contribution < -0.4 is 0 Å². The molecule has 4 heteroatoms. The average Bonchev–Trinajstić information content (AvgIpc) is 3.22. The van der Waals surface area contributed by atoms with Crippen molar-refractivity contribution in [3.05, 3.63) is 81.7 Å². The van der Waals surface area contributed by atoms with Crippen LogP contribution in [-0.2, 0) is 6.61 Å². The predicted octanol–water partition coefficient (Wildman–Crippen LogP) is 5.29. The molecule has 1 aromatic heterocycles. The van der Waals surface area contributed by atoms with Gasteiger partial charge in [0, 0.05) is 26.6 Å². The number of hydrogen-bond acceptors (Lipinski definition) is 1. The molecule has 4 rings (SSSR count). The van der Waals surface area contributed by atoms with E-state index >= 15 is 0 Å². The number of aliphatic hydroxyl groups is 1. The van der Waals surface area contributed by atoms with Crippen molar-refractivity contribution in [2.75, 3.05) is 0 Å². The van der Waals surface area contributed by atoms with Gasteiger partial charge < -0.3 is 9.67 Å². The molecule has 0 radical (unpaired) electrons. The van der Waals surface area contributed by atoms with E-state index in [1.807, 2.05) is 6.07 Å². The van der Waals surface area contributed by atoms with E-state index in [1.165, 1.54) is 15.8 Å². The highest BCUT2D eigenvalue weighted by atomic mass is 79.9. The van der Waals surface area contributed by atoms with Crippen molar-refractivity contribution in [3.63, 3.8) is 0 Å². The molecule has 1 N–H and O–H groups in total. The van der Waals surface area contributed by atoms with Crippen molar-refractivity contribution >= 4 is 37.7 Å². The first-order valence-corrected chi connectivity index (χ1v) is 9.68. The summed E-state index contributed by atoms with van der Waals surface area (Å²) in [5.74, 6) is 0. The summed E-state index contributed by atoms with van der Waals surface area (Å²) in [6, 6.07) is 14.6. The molecule has 0 spiro atoms. The molecule has 0 saturated heterocycles. The Morgan fingerprint density at radius 3 is 2.57 bits per heavy atom. The van der Waals surface area contributed by atoms with Gasteiger partial charge in [0.05, 0.1) is 12.1 Å². The maximum atomic E-state index is 9.35. The molecule has 0 saturated carbocycles. The van der Waals surface area contributed by atoms with Crippen LogP contribution in [-0.4, -0.2) is 9.67 Å². The van der Waals surface area contributed by atoms with Gasteiger partial charge in [-0.1, -0.05) is 52.3 Å². The van der Waals surface area contributed by atoms with Crippen LogP contribution >= 0.6 is 26.8 Å². The second kappa shape index (κ2) is 6.04. The Balaban J connectivity index is 1.92. The molecule has 2 nitrogen and oxygen atoms in total. The largest absolute Gasteiger partial charge is 0.392 e. The van der Waals surface area contributed by atoms with Crippen molar-refractivity contribution in [2.24, 2.45) is 0 Å². The van der Waals surface area contributed by atoms with Crippen molar-refractivity contribution in [1.29, 1.82) is 0 Å². The zero-order chi connectivity index (χ0) is 15.8. The molecule has 3 aromatic rings. The summed E-state index contributed by atoms with van der Waals surface area (Å²) in [5.41, 5.74) is 3.21.